The van der Waals surface area contributed by atoms with E-state index in [-0.39, 0.29) is 18.0 Å². The molecule has 2 aromatic rings. The highest BCUT2D eigenvalue weighted by Gasteiger charge is 2.11. The molecule has 6 nitrogen and oxygen atoms in total. The van der Waals surface area contributed by atoms with Gasteiger partial charge in [0.15, 0.2) is 0 Å². The highest BCUT2D eigenvalue weighted by molar-refractivity contribution is 5.93. The molecule has 0 spiro atoms. The van der Waals surface area contributed by atoms with Gasteiger partial charge in [-0.2, -0.15) is 4.98 Å². The minimum absolute atomic E-state index is 0.0997. The average Bonchev–Trinajstić information content (AvgIpc) is 2.24. The summed E-state index contributed by atoms with van der Waals surface area (Å²) in [5, 5.41) is 6.06. The van der Waals surface area contributed by atoms with Gasteiger partial charge in [0.05, 0.1) is 10.9 Å². The van der Waals surface area contributed by atoms with E-state index in [1.165, 1.54) is 6.92 Å². The van der Waals surface area contributed by atoms with E-state index in [0.29, 0.717) is 22.2 Å². The first-order valence-electron chi connectivity index (χ1n) is 6.36. The highest BCUT2D eigenvalue weighted by atomic mass is 16.4. The molecule has 1 aromatic heterocycles. The second kappa shape index (κ2) is 5.32. The molecule has 0 aliphatic heterocycles. The summed E-state index contributed by atoms with van der Waals surface area (Å²) in [4.78, 5) is 27.4. The van der Waals surface area contributed by atoms with E-state index >= 15 is 0 Å². The van der Waals surface area contributed by atoms with Crippen molar-refractivity contribution in [1.29, 1.82) is 0 Å². The Morgan fingerprint density at radius 3 is 2.65 bits per heavy atom. The number of nitrogens with zero attached hydrogens (tertiary/aromatic N) is 1. The van der Waals surface area contributed by atoms with Crippen LogP contribution in [0.3, 0.4) is 0 Å². The molecule has 1 aromatic carbocycles. The molecule has 2 rings (SSSR count). The van der Waals surface area contributed by atoms with Crippen LogP contribution in [0, 0.1) is 6.92 Å². The normalized spacial score (nSPS) is 10.8. The van der Waals surface area contributed by atoms with Gasteiger partial charge >= 0.3 is 5.63 Å². The smallest absolute Gasteiger partial charge is 0.348 e. The summed E-state index contributed by atoms with van der Waals surface area (Å²) in [6.07, 6.45) is 0. The summed E-state index contributed by atoms with van der Waals surface area (Å²) in [6, 6.07) is 3.66. The van der Waals surface area contributed by atoms with Gasteiger partial charge in [0.25, 0.3) is 6.01 Å². The first-order chi connectivity index (χ1) is 9.36. The average molecular weight is 275 g/mol. The van der Waals surface area contributed by atoms with Crippen LogP contribution >= 0.6 is 0 Å². The SMILES string of the molecule is CC(=O)Nc1cc(C)c2c(=O)oc(NC(C)C)nc2c1. The van der Waals surface area contributed by atoms with Crippen molar-refractivity contribution < 1.29 is 9.21 Å². The number of anilines is 2. The number of amides is 1. The van der Waals surface area contributed by atoms with Crippen molar-refractivity contribution in [2.75, 3.05) is 10.6 Å². The summed E-state index contributed by atoms with van der Waals surface area (Å²) >= 11 is 0. The van der Waals surface area contributed by atoms with Crippen LogP contribution < -0.4 is 16.3 Å². The van der Waals surface area contributed by atoms with Crippen molar-refractivity contribution in [3.8, 4) is 0 Å². The quantitative estimate of drug-likeness (QED) is 0.897. The predicted octanol–water partition coefficient (Wildman–Crippen LogP) is 2.28. The van der Waals surface area contributed by atoms with Gasteiger partial charge in [-0.25, -0.2) is 4.79 Å². The lowest BCUT2D eigenvalue weighted by atomic mass is 10.1. The van der Waals surface area contributed by atoms with E-state index < -0.39 is 5.63 Å². The zero-order chi connectivity index (χ0) is 14.9. The topological polar surface area (TPSA) is 84.2 Å². The number of benzene rings is 1. The maximum absolute atomic E-state index is 12.0. The number of aromatic nitrogens is 1. The first kappa shape index (κ1) is 14.0. The number of carbonyl (C=O) groups excluding carboxylic acids is 1. The van der Waals surface area contributed by atoms with Crippen LogP contribution in [0.5, 0.6) is 0 Å². The van der Waals surface area contributed by atoms with Gasteiger partial charge < -0.3 is 15.1 Å². The van der Waals surface area contributed by atoms with Crippen LogP contribution in [0.1, 0.15) is 26.3 Å². The Bertz CT molecular complexity index is 719. The number of hydrogen-bond donors (Lipinski definition) is 2. The second-order valence-corrected chi connectivity index (χ2v) is 4.97. The zero-order valence-corrected chi connectivity index (χ0v) is 11.9. The van der Waals surface area contributed by atoms with E-state index in [1.54, 1.807) is 19.1 Å². The number of aryl methyl sites for hydroxylation is 1. The van der Waals surface area contributed by atoms with Gasteiger partial charge in [-0.05, 0) is 38.5 Å². The Morgan fingerprint density at radius 2 is 2.05 bits per heavy atom. The van der Waals surface area contributed by atoms with Crippen molar-refractivity contribution in [1.82, 2.24) is 4.98 Å². The highest BCUT2D eigenvalue weighted by Crippen LogP contribution is 2.21. The zero-order valence-electron chi connectivity index (χ0n) is 11.9. The largest absolute Gasteiger partial charge is 0.389 e. The van der Waals surface area contributed by atoms with Crippen molar-refractivity contribution in [2.24, 2.45) is 0 Å². The van der Waals surface area contributed by atoms with Gasteiger partial charge in [-0.15, -0.1) is 0 Å². The minimum atomic E-state index is -0.440. The Morgan fingerprint density at radius 1 is 1.35 bits per heavy atom. The van der Waals surface area contributed by atoms with Crippen LogP contribution in [0.15, 0.2) is 21.3 Å². The number of nitrogens with one attached hydrogen (secondary N) is 2. The fourth-order valence-electron chi connectivity index (χ4n) is 1.98. The van der Waals surface area contributed by atoms with E-state index in [1.807, 2.05) is 13.8 Å². The van der Waals surface area contributed by atoms with E-state index in [9.17, 15) is 9.59 Å². The number of hydrogen-bond acceptors (Lipinski definition) is 5. The lowest BCUT2D eigenvalue weighted by Crippen LogP contribution is -2.15. The van der Waals surface area contributed by atoms with E-state index in [4.69, 9.17) is 4.42 Å². The van der Waals surface area contributed by atoms with Gasteiger partial charge in [0, 0.05) is 18.7 Å². The Labute approximate surface area is 116 Å². The molecular formula is C14H17N3O3. The minimum Gasteiger partial charge on any atom is -0.389 e. The maximum atomic E-state index is 12.0. The van der Waals surface area contributed by atoms with Gasteiger partial charge in [-0.1, -0.05) is 0 Å². The molecule has 0 bridgehead atoms. The lowest BCUT2D eigenvalue weighted by molar-refractivity contribution is -0.114. The van der Waals surface area contributed by atoms with Crippen LogP contribution in [0.25, 0.3) is 10.9 Å². The van der Waals surface area contributed by atoms with E-state index in [2.05, 4.69) is 15.6 Å². The molecule has 6 heteroatoms. The summed E-state index contributed by atoms with van der Waals surface area (Å²) in [5.41, 5.74) is 1.37. The fraction of sp³-hybridized carbons (Fsp3) is 0.357. The van der Waals surface area contributed by atoms with Crippen LogP contribution in [-0.2, 0) is 4.79 Å². The molecule has 0 saturated heterocycles. The number of fused-ring (bicyclic) bond motifs is 1. The molecule has 0 radical (unpaired) electrons. The first-order valence-corrected chi connectivity index (χ1v) is 6.36. The monoisotopic (exact) mass is 275 g/mol. The molecular weight excluding hydrogens is 258 g/mol. The Hall–Kier alpha value is -2.37. The van der Waals surface area contributed by atoms with Crippen molar-refractivity contribution in [3.05, 3.63) is 28.1 Å². The molecule has 1 heterocycles. The fourth-order valence-corrected chi connectivity index (χ4v) is 1.98. The maximum Gasteiger partial charge on any atom is 0.348 e. The number of carbonyl (C=O) groups is 1. The Balaban J connectivity index is 2.60. The van der Waals surface area contributed by atoms with Gasteiger partial charge in [0.1, 0.15) is 0 Å². The third-order valence-corrected chi connectivity index (χ3v) is 2.66. The van der Waals surface area contributed by atoms with Crippen LogP contribution in [0.2, 0.25) is 0 Å². The molecule has 1 amide bonds. The Kier molecular flexibility index (Phi) is 3.74. The van der Waals surface area contributed by atoms with Crippen molar-refractivity contribution in [3.63, 3.8) is 0 Å². The number of rotatable bonds is 3. The van der Waals surface area contributed by atoms with Gasteiger partial charge in [0.2, 0.25) is 5.91 Å². The second-order valence-electron chi connectivity index (χ2n) is 4.97. The standard InChI is InChI=1S/C14H17N3O3/c1-7(2)15-14-17-11-6-10(16-9(4)18)5-8(3)12(11)13(19)20-14/h5-7H,1-4H3,(H,15,17)(H,16,18). The van der Waals surface area contributed by atoms with Crippen molar-refractivity contribution >= 4 is 28.5 Å². The van der Waals surface area contributed by atoms with E-state index in [0.717, 1.165) is 0 Å². The predicted molar refractivity (Wildman–Crippen MR) is 78.1 cm³/mol. The molecule has 0 fully saturated rings. The van der Waals surface area contributed by atoms with Crippen molar-refractivity contribution in [2.45, 2.75) is 33.7 Å². The van der Waals surface area contributed by atoms with Gasteiger partial charge in [-0.3, -0.25) is 4.79 Å². The lowest BCUT2D eigenvalue weighted by Gasteiger charge is -2.10. The summed E-state index contributed by atoms with van der Waals surface area (Å²) in [6.45, 7) is 7.05. The van der Waals surface area contributed by atoms with Crippen LogP contribution in [0.4, 0.5) is 11.7 Å². The molecule has 0 aliphatic rings. The summed E-state index contributed by atoms with van der Waals surface area (Å²) in [7, 11) is 0. The third kappa shape index (κ3) is 2.96. The molecule has 0 atom stereocenters. The molecule has 0 unspecified atom stereocenters. The summed E-state index contributed by atoms with van der Waals surface area (Å²) < 4.78 is 5.14. The third-order valence-electron chi connectivity index (χ3n) is 2.66. The molecule has 0 aliphatic carbocycles. The molecule has 2 N–H and O–H groups in total. The molecule has 20 heavy (non-hydrogen) atoms. The van der Waals surface area contributed by atoms with Crippen LogP contribution in [-0.4, -0.2) is 16.9 Å². The molecule has 106 valence electrons. The molecule has 0 saturated carbocycles. The summed E-state index contributed by atoms with van der Waals surface area (Å²) in [5.74, 6) is -0.174.